The van der Waals surface area contributed by atoms with Crippen LogP contribution in [0.1, 0.15) is 34.2 Å². The van der Waals surface area contributed by atoms with E-state index in [1.54, 1.807) is 32.2 Å². The second-order valence-corrected chi connectivity index (χ2v) is 5.85. The Morgan fingerprint density at radius 2 is 2.04 bits per heavy atom. The van der Waals surface area contributed by atoms with Gasteiger partial charge in [-0.3, -0.25) is 14.5 Å². The van der Waals surface area contributed by atoms with Gasteiger partial charge in [0.05, 0.1) is 25.9 Å². The van der Waals surface area contributed by atoms with Crippen molar-refractivity contribution in [3.05, 3.63) is 35.9 Å². The molecule has 2 saturated heterocycles. The van der Waals surface area contributed by atoms with Gasteiger partial charge in [-0.15, -0.1) is 0 Å². The molecular formula is C18H23NO4. The maximum Gasteiger partial charge on any atom is 0.313 e. The van der Waals surface area contributed by atoms with Crippen LogP contribution in [0, 0.1) is 11.8 Å². The zero-order valence-electron chi connectivity index (χ0n) is 16.3. The van der Waals surface area contributed by atoms with E-state index in [2.05, 4.69) is 0 Å². The van der Waals surface area contributed by atoms with Gasteiger partial charge < -0.3 is 9.84 Å². The lowest BCUT2D eigenvalue weighted by atomic mass is 9.76. The molecule has 0 aromatic heterocycles. The van der Waals surface area contributed by atoms with E-state index in [1.807, 2.05) is 0 Å². The predicted molar refractivity (Wildman–Crippen MR) is 85.0 cm³/mol. The van der Waals surface area contributed by atoms with Crippen molar-refractivity contribution in [2.24, 2.45) is 11.8 Å². The molecule has 124 valence electrons. The van der Waals surface area contributed by atoms with Crippen LogP contribution in [0.15, 0.2) is 30.3 Å². The Morgan fingerprint density at radius 1 is 1.35 bits per heavy atom. The van der Waals surface area contributed by atoms with Crippen molar-refractivity contribution in [1.29, 1.82) is 0 Å². The number of fused-ring (bicyclic) bond motifs is 2. The largest absolute Gasteiger partial charge is 0.466 e. The van der Waals surface area contributed by atoms with E-state index in [4.69, 9.17) is 8.85 Å². The number of rotatable bonds is 4. The van der Waals surface area contributed by atoms with Crippen molar-refractivity contribution >= 4 is 11.8 Å². The monoisotopic (exact) mass is 320 g/mol. The predicted octanol–water partition coefficient (Wildman–Crippen LogP) is 1.50. The Kier molecular flexibility index (Phi) is 3.53. The van der Waals surface area contributed by atoms with E-state index >= 15 is 0 Å². The Morgan fingerprint density at radius 3 is 2.70 bits per heavy atom. The number of esters is 1. The smallest absolute Gasteiger partial charge is 0.313 e. The summed E-state index contributed by atoms with van der Waals surface area (Å²) in [5, 5.41) is 11.1. The van der Waals surface area contributed by atoms with Crippen LogP contribution >= 0.6 is 0 Å². The molecule has 2 bridgehead atoms. The number of Topliss-reactive ketones (excluding diaryl/α,β-unsaturated/α-hetero) is 1. The van der Waals surface area contributed by atoms with Crippen molar-refractivity contribution in [2.75, 3.05) is 13.7 Å². The van der Waals surface area contributed by atoms with E-state index in [0.29, 0.717) is 6.42 Å². The molecule has 0 radical (unpaired) electrons. The molecule has 1 aromatic carbocycles. The van der Waals surface area contributed by atoms with Crippen molar-refractivity contribution in [1.82, 2.24) is 4.90 Å². The molecule has 2 aliphatic heterocycles. The summed E-state index contributed by atoms with van der Waals surface area (Å²) in [4.78, 5) is 27.2. The molecule has 5 nitrogen and oxygen atoms in total. The number of benzene rings is 1. The highest BCUT2D eigenvalue weighted by molar-refractivity contribution is 5.99. The topological polar surface area (TPSA) is 66.8 Å². The third-order valence-corrected chi connectivity index (χ3v) is 4.63. The summed E-state index contributed by atoms with van der Waals surface area (Å²) < 4.78 is 31.3. The third kappa shape index (κ3) is 2.68. The number of ether oxygens (including phenoxy) is 1. The molecule has 0 spiro atoms. The number of hydrogen-bond acceptors (Lipinski definition) is 5. The average molecular weight is 320 g/mol. The number of aliphatic hydroxyl groups is 1. The molecule has 2 fully saturated rings. The number of nitrogens with zero attached hydrogens (tertiary/aromatic N) is 1. The second kappa shape index (κ2) is 6.42. The minimum Gasteiger partial charge on any atom is -0.466 e. The molecule has 2 aliphatic rings. The normalized spacial score (nSPS) is 44.9. The van der Waals surface area contributed by atoms with Gasteiger partial charge in [-0.25, -0.2) is 0 Å². The number of carbonyl (C=O) groups is 2. The number of ketones is 1. The van der Waals surface area contributed by atoms with E-state index in [1.165, 1.54) is 17.0 Å². The minimum atomic E-state index is -2.79. The van der Waals surface area contributed by atoms with Crippen molar-refractivity contribution in [2.45, 2.75) is 37.9 Å². The summed E-state index contributed by atoms with van der Waals surface area (Å²) in [5.41, 5.74) is 0.126. The zero-order chi connectivity index (χ0) is 19.3. The molecule has 0 saturated carbocycles. The minimum absolute atomic E-state index is 0.0610. The van der Waals surface area contributed by atoms with Gasteiger partial charge in [-0.2, -0.15) is 0 Å². The number of carbonyl (C=O) groups excluding carboxylic acids is 2. The molecule has 23 heavy (non-hydrogen) atoms. The molecule has 0 aliphatic carbocycles. The van der Waals surface area contributed by atoms with Gasteiger partial charge in [0.2, 0.25) is 0 Å². The first-order valence-electron chi connectivity index (χ1n) is 9.34. The van der Waals surface area contributed by atoms with Crippen LogP contribution in [0.3, 0.4) is 0 Å². The number of piperidine rings is 1. The van der Waals surface area contributed by atoms with Gasteiger partial charge in [0.25, 0.3) is 0 Å². The van der Waals surface area contributed by atoms with E-state index in [-0.39, 0.29) is 18.6 Å². The standard InChI is InChI=1S/C18H23NO4/c1-3-23-18(22)15-13-10-9-12(19(13)2)14(17(15)21)16(20)11-7-5-4-6-8-11/h4-8,12-15,17,21H,3,9-10H2,1-2H3/t12-,13-,14?,15-,17+/m1/s1/i12D,14D,17D. The van der Waals surface area contributed by atoms with Crippen LogP contribution in [0.4, 0.5) is 0 Å². The number of hydrogen-bond donors (Lipinski definition) is 1. The fourth-order valence-electron chi connectivity index (χ4n) is 3.51. The summed E-state index contributed by atoms with van der Waals surface area (Å²) in [5.74, 6) is -5.63. The Labute approximate surface area is 140 Å². The van der Waals surface area contributed by atoms with Crippen molar-refractivity contribution in [3.63, 3.8) is 0 Å². The highest BCUT2D eigenvalue weighted by Crippen LogP contribution is 2.43. The fourth-order valence-corrected chi connectivity index (χ4v) is 3.51. The second-order valence-electron chi connectivity index (χ2n) is 5.85. The first-order chi connectivity index (χ1) is 12.1. The summed E-state index contributed by atoms with van der Waals surface area (Å²) >= 11 is 0. The van der Waals surface area contributed by atoms with Gasteiger partial charge in [-0.1, -0.05) is 30.3 Å². The van der Waals surface area contributed by atoms with E-state index < -0.39 is 41.7 Å². The Hall–Kier alpha value is -1.72. The van der Waals surface area contributed by atoms with Gasteiger partial charge in [0, 0.05) is 20.4 Å². The van der Waals surface area contributed by atoms with Crippen LogP contribution in [0.5, 0.6) is 0 Å². The van der Waals surface area contributed by atoms with Crippen LogP contribution in [-0.4, -0.2) is 53.6 Å². The summed E-state index contributed by atoms with van der Waals surface area (Å²) in [6.45, 7) is 1.67. The molecule has 5 heteroatoms. The van der Waals surface area contributed by atoms with Gasteiger partial charge in [-0.05, 0) is 26.8 Å². The molecule has 0 amide bonds. The quantitative estimate of drug-likeness (QED) is 0.673. The lowest BCUT2D eigenvalue weighted by Crippen LogP contribution is -2.59. The van der Waals surface area contributed by atoms with Crippen LogP contribution < -0.4 is 0 Å². The molecule has 5 atom stereocenters. The average Bonchev–Trinajstić information content (AvgIpc) is 2.87. The van der Waals surface area contributed by atoms with Gasteiger partial charge in [0.15, 0.2) is 5.78 Å². The molecule has 3 rings (SSSR count). The lowest BCUT2D eigenvalue weighted by Gasteiger charge is -2.44. The van der Waals surface area contributed by atoms with Crippen molar-refractivity contribution in [3.8, 4) is 0 Å². The highest BCUT2D eigenvalue weighted by Gasteiger charge is 2.56. The lowest BCUT2D eigenvalue weighted by molar-refractivity contribution is -0.160. The zero-order valence-corrected chi connectivity index (χ0v) is 13.3. The molecule has 1 unspecified atom stereocenters. The van der Waals surface area contributed by atoms with Gasteiger partial charge in [0.1, 0.15) is 0 Å². The van der Waals surface area contributed by atoms with Crippen LogP contribution in [0.25, 0.3) is 0 Å². The first kappa shape index (κ1) is 12.7. The molecule has 1 aromatic rings. The summed E-state index contributed by atoms with van der Waals surface area (Å²) in [6, 6.07) is 5.46. The SMILES string of the molecule is [2H]C1(C(=O)c2ccccc2)[C@@]2([2H])CC[C@H]([C@@H](C(=O)OCC)[C@@]1([2H])O)N2C. The summed E-state index contributed by atoms with van der Waals surface area (Å²) in [7, 11) is 1.56. The van der Waals surface area contributed by atoms with Crippen LogP contribution in [-0.2, 0) is 9.53 Å². The maximum absolute atomic E-state index is 13.2. The molecule has 1 N–H and O–H groups in total. The van der Waals surface area contributed by atoms with E-state index in [0.717, 1.165) is 0 Å². The van der Waals surface area contributed by atoms with E-state index in [9.17, 15) is 14.7 Å². The highest BCUT2D eigenvalue weighted by atomic mass is 16.5. The van der Waals surface area contributed by atoms with Crippen LogP contribution in [0.2, 0.25) is 0 Å². The third-order valence-electron chi connectivity index (χ3n) is 4.63. The first-order valence-corrected chi connectivity index (χ1v) is 7.84. The Bertz CT molecular complexity index is 728. The Balaban J connectivity index is 2.18. The van der Waals surface area contributed by atoms with Gasteiger partial charge >= 0.3 is 5.97 Å². The maximum atomic E-state index is 13.2. The van der Waals surface area contributed by atoms with Crippen molar-refractivity contribution < 1.29 is 23.5 Å². The molecule has 2 heterocycles. The summed E-state index contributed by atoms with van der Waals surface area (Å²) in [6.07, 6.45) is -2.36. The molecular weight excluding hydrogens is 294 g/mol. The fraction of sp³-hybridized carbons (Fsp3) is 0.556.